The van der Waals surface area contributed by atoms with Crippen LogP contribution in [0.15, 0.2) is 71.6 Å². The minimum absolute atomic E-state index is 0.0255. The number of hydrogen-bond donors (Lipinski definition) is 1. The lowest BCUT2D eigenvalue weighted by Crippen LogP contribution is -2.49. The first-order chi connectivity index (χ1) is 17.5. The van der Waals surface area contributed by atoms with Crippen molar-refractivity contribution in [2.24, 2.45) is 0 Å². The highest BCUT2D eigenvalue weighted by atomic mass is 32.2. The van der Waals surface area contributed by atoms with Crippen LogP contribution in [-0.2, 0) is 15.4 Å². The number of para-hydroxylation sites is 2. The van der Waals surface area contributed by atoms with E-state index < -0.39 is 10.0 Å². The first kappa shape index (κ1) is 26.5. The predicted molar refractivity (Wildman–Crippen MR) is 148 cm³/mol. The molecule has 0 aliphatic carbocycles. The Labute approximate surface area is 220 Å². The standard InChI is InChI=1S/C29H35N3O4S/c1-21-10-15-24(37(34,35)30-23-13-11-22(12-14-23)29(2,3)4)20-25(21)28(33)32-18-16-31(17-19-32)26-8-6-7-9-27(26)36-5/h6-15,20,30H,16-19H2,1-5H3. The number of nitrogens with zero attached hydrogens (tertiary/aromatic N) is 2. The van der Waals surface area contributed by atoms with E-state index in [-0.39, 0.29) is 16.2 Å². The van der Waals surface area contributed by atoms with Crippen LogP contribution in [0.4, 0.5) is 11.4 Å². The second-order valence-corrected chi connectivity index (χ2v) is 12.0. The van der Waals surface area contributed by atoms with Crippen LogP contribution in [-0.4, -0.2) is 52.5 Å². The maximum absolute atomic E-state index is 13.4. The molecule has 0 spiro atoms. The first-order valence-electron chi connectivity index (χ1n) is 12.4. The van der Waals surface area contributed by atoms with Crippen LogP contribution in [0.25, 0.3) is 0 Å². The Morgan fingerprint density at radius 1 is 0.919 bits per heavy atom. The second-order valence-electron chi connectivity index (χ2n) is 10.4. The summed E-state index contributed by atoms with van der Waals surface area (Å²) in [5, 5.41) is 0. The molecule has 1 aliphatic heterocycles. The highest BCUT2D eigenvalue weighted by Gasteiger charge is 2.26. The van der Waals surface area contributed by atoms with Crippen LogP contribution >= 0.6 is 0 Å². The topological polar surface area (TPSA) is 79.0 Å². The van der Waals surface area contributed by atoms with Crippen molar-refractivity contribution < 1.29 is 17.9 Å². The van der Waals surface area contributed by atoms with Gasteiger partial charge < -0.3 is 14.5 Å². The van der Waals surface area contributed by atoms with Crippen LogP contribution in [0.5, 0.6) is 5.75 Å². The summed E-state index contributed by atoms with van der Waals surface area (Å²) in [5.74, 6) is 0.639. The number of carbonyl (C=O) groups excluding carboxylic acids is 1. The van der Waals surface area contributed by atoms with Gasteiger partial charge >= 0.3 is 0 Å². The monoisotopic (exact) mass is 521 g/mol. The largest absolute Gasteiger partial charge is 0.495 e. The number of methoxy groups -OCH3 is 1. The Kier molecular flexibility index (Phi) is 7.50. The molecule has 0 radical (unpaired) electrons. The normalized spacial score (nSPS) is 14.4. The SMILES string of the molecule is COc1ccccc1N1CCN(C(=O)c2cc(S(=O)(=O)Nc3ccc(C(C)(C)C)cc3)ccc2C)CC1. The maximum Gasteiger partial charge on any atom is 0.261 e. The third kappa shape index (κ3) is 5.91. The highest BCUT2D eigenvalue weighted by Crippen LogP contribution is 2.29. The minimum Gasteiger partial charge on any atom is -0.495 e. The van der Waals surface area contributed by atoms with Crippen LogP contribution in [0.3, 0.4) is 0 Å². The average molecular weight is 522 g/mol. The van der Waals surface area contributed by atoms with Gasteiger partial charge in [0.2, 0.25) is 0 Å². The number of rotatable bonds is 6. The van der Waals surface area contributed by atoms with Crippen molar-refractivity contribution >= 4 is 27.3 Å². The molecule has 1 N–H and O–H groups in total. The van der Waals surface area contributed by atoms with Gasteiger partial charge in [-0.3, -0.25) is 9.52 Å². The molecular formula is C29H35N3O4S. The van der Waals surface area contributed by atoms with Crippen LogP contribution < -0.4 is 14.4 Å². The number of ether oxygens (including phenoxy) is 1. The second kappa shape index (κ2) is 10.5. The van der Waals surface area contributed by atoms with E-state index in [0.717, 1.165) is 22.6 Å². The molecule has 0 unspecified atom stereocenters. The number of carbonyl (C=O) groups is 1. The van der Waals surface area contributed by atoms with E-state index in [1.165, 1.54) is 12.1 Å². The number of benzene rings is 3. The zero-order valence-electron chi connectivity index (χ0n) is 22.1. The van der Waals surface area contributed by atoms with Gasteiger partial charge in [-0.1, -0.05) is 51.1 Å². The lowest BCUT2D eigenvalue weighted by molar-refractivity contribution is 0.0745. The third-order valence-corrected chi connectivity index (χ3v) is 8.12. The van der Waals surface area contributed by atoms with E-state index >= 15 is 0 Å². The van der Waals surface area contributed by atoms with Gasteiger partial charge in [0.05, 0.1) is 17.7 Å². The Bertz CT molecular complexity index is 1370. The maximum atomic E-state index is 13.4. The summed E-state index contributed by atoms with van der Waals surface area (Å²) < 4.78 is 34.4. The zero-order valence-corrected chi connectivity index (χ0v) is 22.9. The Hall–Kier alpha value is -3.52. The summed E-state index contributed by atoms with van der Waals surface area (Å²) in [6.07, 6.45) is 0. The quantitative estimate of drug-likeness (QED) is 0.490. The molecule has 196 valence electrons. The lowest BCUT2D eigenvalue weighted by Gasteiger charge is -2.36. The van der Waals surface area contributed by atoms with Gasteiger partial charge in [0.1, 0.15) is 5.75 Å². The summed E-state index contributed by atoms with van der Waals surface area (Å²) >= 11 is 0. The van der Waals surface area contributed by atoms with Crippen molar-refractivity contribution in [2.45, 2.75) is 38.0 Å². The molecule has 37 heavy (non-hydrogen) atoms. The molecule has 1 fully saturated rings. The van der Waals surface area contributed by atoms with Crippen LogP contribution in [0.2, 0.25) is 0 Å². The van der Waals surface area contributed by atoms with Gasteiger partial charge in [0.25, 0.3) is 15.9 Å². The molecule has 3 aromatic carbocycles. The molecule has 0 saturated carbocycles. The van der Waals surface area contributed by atoms with E-state index in [0.29, 0.717) is 37.4 Å². The molecule has 1 saturated heterocycles. The fourth-order valence-electron chi connectivity index (χ4n) is 4.46. The van der Waals surface area contributed by atoms with Gasteiger partial charge in [-0.25, -0.2) is 8.42 Å². The molecular weight excluding hydrogens is 486 g/mol. The highest BCUT2D eigenvalue weighted by molar-refractivity contribution is 7.92. The number of hydrogen-bond acceptors (Lipinski definition) is 5. The Morgan fingerprint density at radius 3 is 2.19 bits per heavy atom. The summed E-state index contributed by atoms with van der Waals surface area (Å²) in [4.78, 5) is 17.5. The molecule has 4 rings (SSSR count). The van der Waals surface area contributed by atoms with Gasteiger partial charge in [-0.15, -0.1) is 0 Å². The summed E-state index contributed by atoms with van der Waals surface area (Å²) in [7, 11) is -2.21. The number of sulfonamides is 1. The number of nitrogens with one attached hydrogen (secondary N) is 1. The Balaban J connectivity index is 1.48. The smallest absolute Gasteiger partial charge is 0.261 e. The van der Waals surface area contributed by atoms with Gasteiger partial charge in [-0.2, -0.15) is 0 Å². The van der Waals surface area contributed by atoms with Crippen molar-refractivity contribution in [3.8, 4) is 5.75 Å². The van der Waals surface area contributed by atoms with Crippen molar-refractivity contribution in [1.29, 1.82) is 0 Å². The van der Waals surface area contributed by atoms with Crippen molar-refractivity contribution in [2.75, 3.05) is 42.9 Å². The molecule has 0 atom stereocenters. The Morgan fingerprint density at radius 2 is 1.57 bits per heavy atom. The third-order valence-electron chi connectivity index (χ3n) is 6.75. The van der Waals surface area contributed by atoms with Crippen LogP contribution in [0.1, 0.15) is 42.3 Å². The van der Waals surface area contributed by atoms with Crippen molar-refractivity contribution in [3.05, 3.63) is 83.4 Å². The fourth-order valence-corrected chi connectivity index (χ4v) is 5.55. The van der Waals surface area contributed by atoms with Gasteiger partial charge in [0.15, 0.2) is 0 Å². The van der Waals surface area contributed by atoms with Gasteiger partial charge in [0, 0.05) is 37.4 Å². The first-order valence-corrected chi connectivity index (χ1v) is 13.9. The summed E-state index contributed by atoms with van der Waals surface area (Å²) in [6.45, 7) is 10.5. The number of aryl methyl sites for hydroxylation is 1. The fraction of sp³-hybridized carbons (Fsp3) is 0.345. The number of anilines is 2. The van der Waals surface area contributed by atoms with E-state index in [9.17, 15) is 13.2 Å². The van der Waals surface area contributed by atoms with E-state index in [1.807, 2.05) is 43.3 Å². The van der Waals surface area contributed by atoms with Crippen LogP contribution in [0, 0.1) is 6.92 Å². The van der Waals surface area contributed by atoms with E-state index in [4.69, 9.17) is 4.74 Å². The predicted octanol–water partition coefficient (Wildman–Crippen LogP) is 5.06. The molecule has 0 aromatic heterocycles. The van der Waals surface area contributed by atoms with Gasteiger partial charge in [-0.05, 0) is 59.9 Å². The number of amides is 1. The van der Waals surface area contributed by atoms with E-state index in [1.54, 1.807) is 30.2 Å². The van der Waals surface area contributed by atoms with Crippen molar-refractivity contribution in [3.63, 3.8) is 0 Å². The molecule has 0 bridgehead atoms. The lowest BCUT2D eigenvalue weighted by atomic mass is 9.87. The molecule has 3 aromatic rings. The molecule has 7 nitrogen and oxygen atoms in total. The molecule has 1 heterocycles. The summed E-state index contributed by atoms with van der Waals surface area (Å²) in [5.41, 5.74) is 3.71. The average Bonchev–Trinajstić information content (AvgIpc) is 2.88. The van der Waals surface area contributed by atoms with Crippen molar-refractivity contribution in [1.82, 2.24) is 4.90 Å². The summed E-state index contributed by atoms with van der Waals surface area (Å²) in [6, 6.07) is 19.9. The zero-order chi connectivity index (χ0) is 26.8. The van der Waals surface area contributed by atoms with E-state index in [2.05, 4.69) is 30.4 Å². The minimum atomic E-state index is -3.86. The number of piperazine rings is 1. The molecule has 1 amide bonds. The molecule has 8 heteroatoms. The molecule has 1 aliphatic rings.